The van der Waals surface area contributed by atoms with Gasteiger partial charge in [0.25, 0.3) is 0 Å². The molecule has 0 aliphatic heterocycles. The van der Waals surface area contributed by atoms with E-state index in [2.05, 4.69) is 26.8 Å². The van der Waals surface area contributed by atoms with Gasteiger partial charge in [0.2, 0.25) is 0 Å². The van der Waals surface area contributed by atoms with Crippen molar-refractivity contribution in [2.24, 2.45) is 11.3 Å². The Bertz CT molecular complexity index is 333. The lowest BCUT2D eigenvalue weighted by atomic mass is 9.61. The summed E-state index contributed by atoms with van der Waals surface area (Å²) in [6.07, 6.45) is 8.47. The molecule has 0 heterocycles. The lowest BCUT2D eigenvalue weighted by Gasteiger charge is -2.45. The zero-order valence-corrected chi connectivity index (χ0v) is 10.8. The second-order valence-corrected chi connectivity index (χ2v) is 5.86. The number of hydrogen-bond acceptors (Lipinski definition) is 1. The highest BCUT2D eigenvalue weighted by atomic mass is 16.3. The van der Waals surface area contributed by atoms with E-state index in [-0.39, 0.29) is 5.41 Å². The molecule has 2 aliphatic rings. The van der Waals surface area contributed by atoms with Crippen molar-refractivity contribution in [3.05, 3.63) is 22.8 Å². The van der Waals surface area contributed by atoms with E-state index < -0.39 is 0 Å². The Balaban J connectivity index is 2.41. The van der Waals surface area contributed by atoms with E-state index in [1.165, 1.54) is 36.0 Å². The molecule has 1 nitrogen and oxygen atoms in total. The normalized spacial score (nSPS) is 34.4. The monoisotopic (exact) mass is 220 g/mol. The molecule has 0 radical (unpaired) electrons. The fourth-order valence-electron chi connectivity index (χ4n) is 3.41. The van der Waals surface area contributed by atoms with Crippen LogP contribution >= 0.6 is 0 Å². The molecular weight excluding hydrogens is 196 g/mol. The Morgan fingerprint density at radius 2 is 2.19 bits per heavy atom. The van der Waals surface area contributed by atoms with Crippen molar-refractivity contribution in [2.75, 3.05) is 6.61 Å². The topological polar surface area (TPSA) is 20.2 Å². The fraction of sp³-hybridized carbons (Fsp3) is 0.733. The van der Waals surface area contributed by atoms with Gasteiger partial charge in [0, 0.05) is 5.41 Å². The minimum Gasteiger partial charge on any atom is -0.395 e. The van der Waals surface area contributed by atoms with Crippen molar-refractivity contribution in [2.45, 2.75) is 52.9 Å². The Labute approximate surface area is 99.3 Å². The Morgan fingerprint density at radius 1 is 1.44 bits per heavy atom. The summed E-state index contributed by atoms with van der Waals surface area (Å²) >= 11 is 0. The minimum atomic E-state index is 0.136. The number of hydrogen-bond donors (Lipinski definition) is 1. The molecule has 16 heavy (non-hydrogen) atoms. The summed E-state index contributed by atoms with van der Waals surface area (Å²) in [5, 5.41) is 9.76. The summed E-state index contributed by atoms with van der Waals surface area (Å²) in [4.78, 5) is 0. The molecule has 0 aromatic carbocycles. The largest absolute Gasteiger partial charge is 0.395 e. The molecule has 1 saturated carbocycles. The maximum absolute atomic E-state index is 9.76. The summed E-state index contributed by atoms with van der Waals surface area (Å²) in [6, 6.07) is 0. The minimum absolute atomic E-state index is 0.136. The molecule has 1 N–H and O–H groups in total. The van der Waals surface area contributed by atoms with Crippen LogP contribution in [0.1, 0.15) is 52.9 Å². The molecule has 2 aliphatic carbocycles. The standard InChI is InChI=1S/C15H24O/c1-11(2)13-6-8-15(10-16)7-4-5-12(3)14(15)9-13/h9,12,16H,4-8,10H2,1-3H3/t12-,15-/m1/s1. The second kappa shape index (κ2) is 4.37. The van der Waals surface area contributed by atoms with Gasteiger partial charge in [0.05, 0.1) is 6.61 Å². The van der Waals surface area contributed by atoms with Gasteiger partial charge in [-0.3, -0.25) is 0 Å². The lowest BCUT2D eigenvalue weighted by molar-refractivity contribution is 0.104. The lowest BCUT2D eigenvalue weighted by Crippen LogP contribution is -2.36. The molecular formula is C15H24O. The molecule has 0 aromatic rings. The molecule has 0 aromatic heterocycles. The Morgan fingerprint density at radius 3 is 2.81 bits per heavy atom. The fourth-order valence-corrected chi connectivity index (χ4v) is 3.41. The molecule has 0 unspecified atom stereocenters. The van der Waals surface area contributed by atoms with E-state index in [0.717, 1.165) is 12.8 Å². The first-order valence-electron chi connectivity index (χ1n) is 6.58. The first kappa shape index (κ1) is 11.9. The van der Waals surface area contributed by atoms with Crippen molar-refractivity contribution in [1.29, 1.82) is 0 Å². The first-order chi connectivity index (χ1) is 7.59. The van der Waals surface area contributed by atoms with Crippen LogP contribution in [-0.2, 0) is 0 Å². The zero-order valence-electron chi connectivity index (χ0n) is 10.8. The summed E-state index contributed by atoms with van der Waals surface area (Å²) in [5.74, 6) is 0.663. The third-order valence-corrected chi connectivity index (χ3v) is 4.58. The van der Waals surface area contributed by atoms with Crippen molar-refractivity contribution in [1.82, 2.24) is 0 Å². The van der Waals surface area contributed by atoms with E-state index in [1.807, 2.05) is 0 Å². The summed E-state index contributed by atoms with van der Waals surface area (Å²) in [7, 11) is 0. The molecule has 2 rings (SSSR count). The molecule has 1 fully saturated rings. The number of allylic oxidation sites excluding steroid dienone is 3. The van der Waals surface area contributed by atoms with Crippen molar-refractivity contribution < 1.29 is 5.11 Å². The summed E-state index contributed by atoms with van der Waals surface area (Å²) in [5.41, 5.74) is 4.62. The van der Waals surface area contributed by atoms with Crippen molar-refractivity contribution in [3.8, 4) is 0 Å². The van der Waals surface area contributed by atoms with Gasteiger partial charge >= 0.3 is 0 Å². The van der Waals surface area contributed by atoms with Crippen LogP contribution in [0, 0.1) is 11.3 Å². The predicted molar refractivity (Wildman–Crippen MR) is 68.2 cm³/mol. The van der Waals surface area contributed by atoms with E-state index >= 15 is 0 Å². The smallest absolute Gasteiger partial charge is 0.0525 e. The van der Waals surface area contributed by atoms with E-state index in [1.54, 1.807) is 0 Å². The summed E-state index contributed by atoms with van der Waals surface area (Å²) < 4.78 is 0. The number of fused-ring (bicyclic) bond motifs is 1. The highest BCUT2D eigenvalue weighted by Gasteiger charge is 2.40. The van der Waals surface area contributed by atoms with Crippen molar-refractivity contribution >= 4 is 0 Å². The molecule has 0 spiro atoms. The molecule has 2 atom stereocenters. The van der Waals surface area contributed by atoms with Crippen LogP contribution < -0.4 is 0 Å². The van der Waals surface area contributed by atoms with Crippen LogP contribution in [0.3, 0.4) is 0 Å². The second-order valence-electron chi connectivity index (χ2n) is 5.86. The predicted octanol–water partition coefficient (Wildman–Crippen LogP) is 3.84. The van der Waals surface area contributed by atoms with Crippen LogP contribution in [-0.4, -0.2) is 11.7 Å². The van der Waals surface area contributed by atoms with E-state index in [4.69, 9.17) is 0 Å². The van der Waals surface area contributed by atoms with Crippen LogP contribution in [0.15, 0.2) is 22.8 Å². The highest BCUT2D eigenvalue weighted by molar-refractivity contribution is 5.36. The SMILES string of the molecule is CC(C)=C1C=C2[C@H](C)CCC[C@]2(CO)CC1. The van der Waals surface area contributed by atoms with Gasteiger partial charge in [-0.25, -0.2) is 0 Å². The van der Waals surface area contributed by atoms with Crippen LogP contribution in [0.2, 0.25) is 0 Å². The van der Waals surface area contributed by atoms with Gasteiger partial charge in [0.15, 0.2) is 0 Å². The average molecular weight is 220 g/mol. The quantitative estimate of drug-likeness (QED) is 0.712. The number of aliphatic hydroxyl groups excluding tert-OH is 1. The number of aliphatic hydroxyl groups is 1. The Kier molecular flexibility index (Phi) is 3.25. The maximum atomic E-state index is 9.76. The van der Waals surface area contributed by atoms with E-state index in [0.29, 0.717) is 12.5 Å². The molecule has 0 bridgehead atoms. The summed E-state index contributed by atoms with van der Waals surface area (Å²) in [6.45, 7) is 7.07. The van der Waals surface area contributed by atoms with Gasteiger partial charge in [-0.15, -0.1) is 0 Å². The van der Waals surface area contributed by atoms with Crippen LogP contribution in [0.4, 0.5) is 0 Å². The van der Waals surface area contributed by atoms with Gasteiger partial charge < -0.3 is 5.11 Å². The van der Waals surface area contributed by atoms with Gasteiger partial charge in [-0.1, -0.05) is 30.6 Å². The average Bonchev–Trinajstić information content (AvgIpc) is 2.29. The van der Waals surface area contributed by atoms with Crippen LogP contribution in [0.5, 0.6) is 0 Å². The van der Waals surface area contributed by atoms with E-state index in [9.17, 15) is 5.11 Å². The third-order valence-electron chi connectivity index (χ3n) is 4.58. The zero-order chi connectivity index (χ0) is 11.8. The highest BCUT2D eigenvalue weighted by Crippen LogP contribution is 2.50. The molecule has 90 valence electrons. The van der Waals surface area contributed by atoms with Gasteiger partial charge in [0.1, 0.15) is 0 Å². The van der Waals surface area contributed by atoms with Crippen molar-refractivity contribution in [3.63, 3.8) is 0 Å². The Hall–Kier alpha value is -0.560. The van der Waals surface area contributed by atoms with Crippen LogP contribution in [0.25, 0.3) is 0 Å². The first-order valence-corrected chi connectivity index (χ1v) is 6.58. The third kappa shape index (κ3) is 1.86. The maximum Gasteiger partial charge on any atom is 0.0525 e. The van der Waals surface area contributed by atoms with Gasteiger partial charge in [-0.2, -0.15) is 0 Å². The molecule has 0 amide bonds. The molecule has 1 heteroatoms. The van der Waals surface area contributed by atoms with Gasteiger partial charge in [-0.05, 0) is 51.0 Å². The number of rotatable bonds is 1. The molecule has 0 saturated heterocycles.